The number of carbonyl (C=O) groups is 1. The molecule has 6 nitrogen and oxygen atoms in total. The maximum atomic E-state index is 11.9. The number of hydrogen-bond acceptors (Lipinski definition) is 6. The Morgan fingerprint density at radius 3 is 2.88 bits per heavy atom. The fourth-order valence-corrected chi connectivity index (χ4v) is 3.39. The number of nitrogens with zero attached hydrogens (tertiary/aromatic N) is 3. The van der Waals surface area contributed by atoms with Gasteiger partial charge in [0.1, 0.15) is 11.6 Å². The van der Waals surface area contributed by atoms with Crippen molar-refractivity contribution in [2.75, 3.05) is 25.1 Å². The summed E-state index contributed by atoms with van der Waals surface area (Å²) in [5.41, 5.74) is 1.11. The van der Waals surface area contributed by atoms with Crippen LogP contribution in [0.2, 0.25) is 0 Å². The van der Waals surface area contributed by atoms with Crippen LogP contribution in [0.3, 0.4) is 0 Å². The van der Waals surface area contributed by atoms with Gasteiger partial charge in [0.05, 0.1) is 7.11 Å². The Balaban J connectivity index is 2.00. The van der Waals surface area contributed by atoms with Gasteiger partial charge in [0, 0.05) is 43.5 Å². The average molecular weight is 377 g/mol. The van der Waals surface area contributed by atoms with Gasteiger partial charge in [0.2, 0.25) is 11.0 Å². The van der Waals surface area contributed by atoms with Crippen LogP contribution in [0.5, 0.6) is 5.75 Å². The molecule has 0 saturated heterocycles. The van der Waals surface area contributed by atoms with Crippen molar-refractivity contribution in [1.29, 1.82) is 0 Å². The summed E-state index contributed by atoms with van der Waals surface area (Å²) in [5, 5.41) is 3.78. The van der Waals surface area contributed by atoms with E-state index in [2.05, 4.69) is 33.4 Å². The molecule has 0 aliphatic heterocycles. The molecule has 1 aromatic heterocycles. The maximum absolute atomic E-state index is 11.9. The second-order valence-corrected chi connectivity index (χ2v) is 7.14. The van der Waals surface area contributed by atoms with Crippen LogP contribution < -0.4 is 15.0 Å². The van der Waals surface area contributed by atoms with E-state index in [4.69, 9.17) is 4.74 Å². The molecule has 0 saturated carbocycles. The van der Waals surface area contributed by atoms with Gasteiger partial charge in [-0.25, -0.2) is 4.98 Å². The highest BCUT2D eigenvalue weighted by molar-refractivity contribution is 7.09. The number of carbonyl (C=O) groups excluding carboxylic acids is 1. The van der Waals surface area contributed by atoms with E-state index < -0.39 is 0 Å². The molecule has 0 atom stereocenters. The molecule has 142 valence electrons. The minimum absolute atomic E-state index is 0.0821. The van der Waals surface area contributed by atoms with Gasteiger partial charge in [-0.15, -0.1) is 0 Å². The van der Waals surface area contributed by atoms with Crippen LogP contribution in [0, 0.1) is 0 Å². The lowest BCUT2D eigenvalue weighted by atomic mass is 10.1. The third-order valence-electron chi connectivity index (χ3n) is 3.97. The molecule has 1 N–H and O–H groups in total. The quantitative estimate of drug-likeness (QED) is 0.689. The molecule has 0 aliphatic rings. The number of nitrogens with one attached hydrogen (secondary N) is 1. The van der Waals surface area contributed by atoms with Crippen LogP contribution in [0.25, 0.3) is 0 Å². The van der Waals surface area contributed by atoms with Gasteiger partial charge in [-0.1, -0.05) is 19.1 Å². The molecule has 0 aliphatic carbocycles. The maximum Gasteiger partial charge on any atom is 0.221 e. The molecule has 7 heteroatoms. The van der Waals surface area contributed by atoms with Crippen molar-refractivity contribution < 1.29 is 9.53 Å². The molecule has 0 bridgehead atoms. The van der Waals surface area contributed by atoms with Crippen LogP contribution in [-0.2, 0) is 11.2 Å². The van der Waals surface area contributed by atoms with Crippen LogP contribution >= 0.6 is 11.5 Å². The Morgan fingerprint density at radius 1 is 1.38 bits per heavy atom. The molecule has 1 heterocycles. The fourth-order valence-electron chi connectivity index (χ4n) is 2.55. The highest BCUT2D eigenvalue weighted by Gasteiger charge is 2.17. The Kier molecular flexibility index (Phi) is 7.84. The third kappa shape index (κ3) is 5.98. The predicted octanol–water partition coefficient (Wildman–Crippen LogP) is 3.27. The number of hydrogen-bond donors (Lipinski definition) is 1. The summed E-state index contributed by atoms with van der Waals surface area (Å²) in [6, 6.07) is 8.19. The first-order chi connectivity index (χ1) is 12.5. The average Bonchev–Trinajstić information content (AvgIpc) is 3.08. The topological polar surface area (TPSA) is 67.4 Å². The molecule has 0 spiro atoms. The second kappa shape index (κ2) is 10.1. The van der Waals surface area contributed by atoms with Crippen molar-refractivity contribution in [3.05, 3.63) is 35.7 Å². The number of methoxy groups -OCH3 is 1. The summed E-state index contributed by atoms with van der Waals surface area (Å²) in [5.74, 6) is 1.71. The van der Waals surface area contributed by atoms with Gasteiger partial charge >= 0.3 is 0 Å². The van der Waals surface area contributed by atoms with Crippen LogP contribution in [0.15, 0.2) is 24.3 Å². The van der Waals surface area contributed by atoms with Crippen molar-refractivity contribution in [2.24, 2.45) is 0 Å². The highest BCUT2D eigenvalue weighted by atomic mass is 32.1. The van der Waals surface area contributed by atoms with Gasteiger partial charge in [0.25, 0.3) is 0 Å². The summed E-state index contributed by atoms with van der Waals surface area (Å²) in [4.78, 5) is 18.7. The number of benzene rings is 1. The summed E-state index contributed by atoms with van der Waals surface area (Å²) in [6.07, 6.45) is 2.07. The molecule has 0 radical (unpaired) electrons. The van der Waals surface area contributed by atoms with E-state index >= 15 is 0 Å². The van der Waals surface area contributed by atoms with E-state index in [0.717, 1.165) is 35.2 Å². The van der Waals surface area contributed by atoms with Crippen molar-refractivity contribution in [3.63, 3.8) is 0 Å². The van der Waals surface area contributed by atoms with Crippen molar-refractivity contribution >= 4 is 22.6 Å². The van der Waals surface area contributed by atoms with E-state index in [1.54, 1.807) is 7.11 Å². The lowest BCUT2D eigenvalue weighted by Crippen LogP contribution is -2.35. The molecule has 26 heavy (non-hydrogen) atoms. The zero-order valence-electron chi connectivity index (χ0n) is 16.0. The molecule has 1 amide bonds. The lowest BCUT2D eigenvalue weighted by molar-refractivity contribution is -0.120. The lowest BCUT2D eigenvalue weighted by Gasteiger charge is -2.25. The molecule has 0 fully saturated rings. The number of rotatable bonds is 10. The summed E-state index contributed by atoms with van der Waals surface area (Å²) in [6.45, 7) is 7.62. The minimum atomic E-state index is 0.0821. The van der Waals surface area contributed by atoms with Crippen molar-refractivity contribution in [3.8, 4) is 5.75 Å². The first kappa shape index (κ1) is 20.2. The summed E-state index contributed by atoms with van der Waals surface area (Å²) in [7, 11) is 1.66. The predicted molar refractivity (Wildman–Crippen MR) is 106 cm³/mol. The Hall–Kier alpha value is -2.15. The van der Waals surface area contributed by atoms with Gasteiger partial charge in [-0.3, -0.25) is 4.79 Å². The number of ether oxygens (including phenoxy) is 1. The molecular weight excluding hydrogens is 348 g/mol. The smallest absolute Gasteiger partial charge is 0.221 e. The zero-order chi connectivity index (χ0) is 18.9. The SMILES string of the molecule is CCCNC(=O)CCN(c1nc(Cc2cccc(OC)c2)ns1)C(C)C. The Bertz CT molecular complexity index is 702. The molecule has 2 aromatic rings. The van der Waals surface area contributed by atoms with E-state index in [1.165, 1.54) is 11.5 Å². The van der Waals surface area contributed by atoms with Crippen LogP contribution in [0.4, 0.5) is 5.13 Å². The summed E-state index contributed by atoms with van der Waals surface area (Å²) >= 11 is 1.39. The van der Waals surface area contributed by atoms with Crippen molar-refractivity contribution in [2.45, 2.75) is 46.1 Å². The van der Waals surface area contributed by atoms with Gasteiger partial charge in [0.15, 0.2) is 0 Å². The first-order valence-corrected chi connectivity index (χ1v) is 9.79. The number of aromatic nitrogens is 2. The van der Waals surface area contributed by atoms with E-state index in [1.807, 2.05) is 31.2 Å². The number of amides is 1. The molecule has 2 rings (SSSR count). The van der Waals surface area contributed by atoms with Gasteiger partial charge in [-0.2, -0.15) is 4.37 Å². The largest absolute Gasteiger partial charge is 0.497 e. The molecule has 0 unspecified atom stereocenters. The van der Waals surface area contributed by atoms with E-state index in [0.29, 0.717) is 19.4 Å². The summed E-state index contributed by atoms with van der Waals surface area (Å²) < 4.78 is 9.76. The Morgan fingerprint density at radius 2 is 2.19 bits per heavy atom. The minimum Gasteiger partial charge on any atom is -0.497 e. The number of anilines is 1. The Labute approximate surface area is 159 Å². The van der Waals surface area contributed by atoms with Crippen molar-refractivity contribution in [1.82, 2.24) is 14.7 Å². The second-order valence-electron chi connectivity index (χ2n) is 6.41. The normalized spacial score (nSPS) is 10.8. The monoisotopic (exact) mass is 376 g/mol. The van der Waals surface area contributed by atoms with Gasteiger partial charge < -0.3 is 15.0 Å². The standard InChI is InChI=1S/C19H28N4O2S/c1-5-10-20-18(24)9-11-23(14(2)3)19-21-17(22-26-19)13-15-7-6-8-16(12-15)25-4/h6-8,12,14H,5,9-11,13H2,1-4H3,(H,20,24). The van der Waals surface area contributed by atoms with Gasteiger partial charge in [-0.05, 0) is 38.0 Å². The molecular formula is C19H28N4O2S. The fraction of sp³-hybridized carbons (Fsp3) is 0.526. The van der Waals surface area contributed by atoms with E-state index in [9.17, 15) is 4.79 Å². The van der Waals surface area contributed by atoms with Crippen LogP contribution in [0.1, 0.15) is 45.0 Å². The van der Waals surface area contributed by atoms with Crippen LogP contribution in [-0.4, -0.2) is 41.5 Å². The van der Waals surface area contributed by atoms with E-state index in [-0.39, 0.29) is 11.9 Å². The molecule has 1 aromatic carbocycles. The first-order valence-electron chi connectivity index (χ1n) is 9.02. The third-order valence-corrected chi connectivity index (χ3v) is 4.77. The zero-order valence-corrected chi connectivity index (χ0v) is 16.8. The highest BCUT2D eigenvalue weighted by Crippen LogP contribution is 2.22.